The van der Waals surface area contributed by atoms with Crippen molar-refractivity contribution >= 4 is 38.1 Å². The molecular weight excluding hydrogens is 478 g/mol. The number of nitrogens with zero attached hydrogens (tertiary/aromatic N) is 5. The van der Waals surface area contributed by atoms with E-state index in [0.29, 0.717) is 35.0 Å². The fourth-order valence-corrected chi connectivity index (χ4v) is 4.23. The van der Waals surface area contributed by atoms with Gasteiger partial charge in [0.2, 0.25) is 5.95 Å². The van der Waals surface area contributed by atoms with E-state index in [1.165, 1.54) is 10.9 Å². The lowest BCUT2D eigenvalue weighted by atomic mass is 10.3. The van der Waals surface area contributed by atoms with Crippen molar-refractivity contribution in [3.8, 4) is 11.4 Å². The zero-order chi connectivity index (χ0) is 25.7. The Morgan fingerprint density at radius 3 is 2.67 bits per heavy atom. The molecule has 0 aliphatic heterocycles. The summed E-state index contributed by atoms with van der Waals surface area (Å²) >= 11 is 0. The van der Waals surface area contributed by atoms with E-state index < -0.39 is 9.73 Å². The molecule has 36 heavy (non-hydrogen) atoms. The Labute approximate surface area is 209 Å². The predicted octanol–water partition coefficient (Wildman–Crippen LogP) is 3.47. The van der Waals surface area contributed by atoms with Crippen LogP contribution in [0.15, 0.2) is 76.5 Å². The summed E-state index contributed by atoms with van der Waals surface area (Å²) in [6, 6.07) is 14.6. The number of hydrogen-bond acceptors (Lipinski definition) is 8. The lowest BCUT2D eigenvalue weighted by Crippen LogP contribution is -2.21. The lowest BCUT2D eigenvalue weighted by molar-refractivity contribution is 0.318. The molecule has 2 N–H and O–H groups in total. The largest absolute Gasteiger partial charge is 0.492 e. The molecule has 0 saturated carbocycles. The van der Waals surface area contributed by atoms with Gasteiger partial charge in [-0.3, -0.25) is 4.79 Å². The maximum absolute atomic E-state index is 13.1. The summed E-state index contributed by atoms with van der Waals surface area (Å²) in [7, 11) is -0.478. The number of aromatic nitrogens is 4. The van der Waals surface area contributed by atoms with Crippen molar-refractivity contribution in [1.82, 2.24) is 24.6 Å². The molecule has 0 spiro atoms. The van der Waals surface area contributed by atoms with Crippen molar-refractivity contribution in [2.45, 2.75) is 6.54 Å². The fraction of sp³-hybridized carbons (Fsp3) is 0.240. The topological polar surface area (TPSA) is 115 Å². The third kappa shape index (κ3) is 5.81. The van der Waals surface area contributed by atoms with Crippen LogP contribution >= 0.6 is 0 Å². The smallest absolute Gasteiger partial charge is 0.278 e. The predicted molar refractivity (Wildman–Crippen MR) is 145 cm³/mol. The van der Waals surface area contributed by atoms with Gasteiger partial charge in [0.05, 0.1) is 17.9 Å². The average Bonchev–Trinajstić information content (AvgIpc) is 3.10. The van der Waals surface area contributed by atoms with Crippen LogP contribution in [0.2, 0.25) is 0 Å². The minimum absolute atomic E-state index is 0.239. The second kappa shape index (κ2) is 10.8. The van der Waals surface area contributed by atoms with Crippen molar-refractivity contribution in [3.63, 3.8) is 0 Å². The molecule has 0 unspecified atom stereocenters. The molecule has 0 amide bonds. The molecule has 10 nitrogen and oxygen atoms in total. The Balaban J connectivity index is 1.74. The van der Waals surface area contributed by atoms with E-state index in [2.05, 4.69) is 31.5 Å². The number of ether oxygens (including phenoxy) is 1. The first-order valence-corrected chi connectivity index (χ1v) is 13.6. The minimum atomic E-state index is -2.35. The van der Waals surface area contributed by atoms with Gasteiger partial charge in [-0.05, 0) is 49.5 Å². The third-order valence-electron chi connectivity index (χ3n) is 5.11. The number of benzene rings is 2. The van der Waals surface area contributed by atoms with E-state index in [9.17, 15) is 9.00 Å². The molecule has 2 aromatic heterocycles. The van der Waals surface area contributed by atoms with Gasteiger partial charge in [0.15, 0.2) is 5.65 Å². The number of allylic oxidation sites excluding steroid dienone is 1. The van der Waals surface area contributed by atoms with Gasteiger partial charge >= 0.3 is 0 Å². The summed E-state index contributed by atoms with van der Waals surface area (Å²) < 4.78 is 25.4. The Bertz CT molecular complexity index is 1560. The Morgan fingerprint density at radius 2 is 1.97 bits per heavy atom. The summed E-state index contributed by atoms with van der Waals surface area (Å²) in [4.78, 5) is 22.2. The number of fused-ring (bicyclic) bond motifs is 1. The van der Waals surface area contributed by atoms with Gasteiger partial charge in [-0.2, -0.15) is 9.35 Å². The number of nitrogens with one attached hydrogen (secondary N) is 2. The van der Waals surface area contributed by atoms with E-state index >= 15 is 0 Å². The van der Waals surface area contributed by atoms with Gasteiger partial charge in [-0.25, -0.2) is 18.6 Å². The minimum Gasteiger partial charge on any atom is -0.492 e. The van der Waals surface area contributed by atoms with Gasteiger partial charge in [0, 0.05) is 40.7 Å². The quantitative estimate of drug-likeness (QED) is 0.249. The maximum atomic E-state index is 13.1. The average molecular weight is 508 g/mol. The van der Waals surface area contributed by atoms with E-state index in [1.807, 2.05) is 37.4 Å². The molecule has 0 radical (unpaired) electrons. The first kappa shape index (κ1) is 25.1. The first-order valence-electron chi connectivity index (χ1n) is 11.3. The van der Waals surface area contributed by atoms with Crippen LogP contribution in [0.4, 0.5) is 17.3 Å². The molecule has 0 atom stereocenters. The summed E-state index contributed by atoms with van der Waals surface area (Å²) in [5.74, 6) is 1.10. The van der Waals surface area contributed by atoms with E-state index in [4.69, 9.17) is 4.74 Å². The molecule has 0 fully saturated rings. The highest BCUT2D eigenvalue weighted by Gasteiger charge is 2.17. The molecule has 11 heteroatoms. The molecular formula is C25H29N7O3S. The molecule has 4 aromatic rings. The Kier molecular flexibility index (Phi) is 7.51. The van der Waals surface area contributed by atoms with Gasteiger partial charge in [-0.15, -0.1) is 6.58 Å². The summed E-state index contributed by atoms with van der Waals surface area (Å²) in [5, 5.41) is 6.59. The van der Waals surface area contributed by atoms with Crippen LogP contribution in [-0.2, 0) is 16.3 Å². The normalized spacial score (nSPS) is 11.4. The monoisotopic (exact) mass is 507 g/mol. The fourth-order valence-electron chi connectivity index (χ4n) is 3.61. The molecule has 188 valence electrons. The number of rotatable bonds is 10. The molecule has 2 aromatic carbocycles. The second-order valence-corrected chi connectivity index (χ2v) is 10.9. The van der Waals surface area contributed by atoms with Crippen LogP contribution in [-0.4, -0.2) is 56.3 Å². The van der Waals surface area contributed by atoms with E-state index in [0.717, 1.165) is 18.0 Å². The molecule has 4 rings (SSSR count). The van der Waals surface area contributed by atoms with Crippen molar-refractivity contribution in [2.24, 2.45) is 4.36 Å². The summed E-state index contributed by atoms with van der Waals surface area (Å²) in [6.45, 7) is 5.38. The molecule has 0 aliphatic carbocycles. The van der Waals surface area contributed by atoms with Crippen LogP contribution in [0.5, 0.6) is 5.75 Å². The maximum Gasteiger partial charge on any atom is 0.278 e. The Hall–Kier alpha value is -3.96. The highest BCUT2D eigenvalue weighted by Crippen LogP contribution is 2.23. The summed E-state index contributed by atoms with van der Waals surface area (Å²) in [6.07, 6.45) is 6.30. The van der Waals surface area contributed by atoms with Crippen LogP contribution in [0, 0.1) is 0 Å². The molecule has 2 heterocycles. The van der Waals surface area contributed by atoms with E-state index in [-0.39, 0.29) is 12.1 Å². The zero-order valence-corrected chi connectivity index (χ0v) is 21.3. The van der Waals surface area contributed by atoms with Gasteiger partial charge in [0.1, 0.15) is 17.7 Å². The lowest BCUT2D eigenvalue weighted by Gasteiger charge is -2.12. The van der Waals surface area contributed by atoms with Gasteiger partial charge in [-0.1, -0.05) is 12.1 Å². The standard InChI is InChI=1S/C25H29N7O3S/c1-5-14-31-24(33)22-17-27-25(28-18-9-11-21(12-10-18)35-15-13-26-2)29-23(22)32(31)20-8-6-7-19(16-20)30-36(3,4)34/h5-12,16-17,26H,1,13-15H2,2-4H3,(H,27,28,29). The number of hydrogen-bond donors (Lipinski definition) is 2. The van der Waals surface area contributed by atoms with Crippen LogP contribution in [0.25, 0.3) is 16.7 Å². The molecule has 0 saturated heterocycles. The number of likely N-dealkylation sites (N-methyl/N-ethyl adjacent to an activating group) is 1. The van der Waals surface area contributed by atoms with Gasteiger partial charge in [0.25, 0.3) is 5.56 Å². The second-order valence-electron chi connectivity index (χ2n) is 8.31. The van der Waals surface area contributed by atoms with Crippen molar-refractivity contribution in [1.29, 1.82) is 0 Å². The molecule has 0 aliphatic rings. The summed E-state index contributed by atoms with van der Waals surface area (Å²) in [5.41, 5.74) is 2.16. The number of anilines is 2. The van der Waals surface area contributed by atoms with Crippen molar-refractivity contribution < 1.29 is 8.95 Å². The first-order chi connectivity index (χ1) is 17.3. The van der Waals surface area contributed by atoms with Crippen LogP contribution in [0.1, 0.15) is 0 Å². The van der Waals surface area contributed by atoms with E-state index in [1.54, 1.807) is 41.5 Å². The van der Waals surface area contributed by atoms with Gasteiger partial charge < -0.3 is 15.4 Å². The highest BCUT2D eigenvalue weighted by atomic mass is 32.2. The molecule has 0 bridgehead atoms. The zero-order valence-electron chi connectivity index (χ0n) is 20.5. The van der Waals surface area contributed by atoms with Crippen LogP contribution < -0.4 is 20.9 Å². The Morgan fingerprint density at radius 1 is 1.19 bits per heavy atom. The SMILES string of the molecule is C=CCn1c(=O)c2cnc(Nc3ccc(OCCNC)cc3)nc2n1-c1cccc(N=S(C)(C)=O)c1. The highest BCUT2D eigenvalue weighted by molar-refractivity contribution is 7.92. The van der Waals surface area contributed by atoms with Crippen LogP contribution in [0.3, 0.4) is 0 Å². The van der Waals surface area contributed by atoms with Crippen molar-refractivity contribution in [2.75, 3.05) is 38.0 Å². The third-order valence-corrected chi connectivity index (χ3v) is 5.76. The van der Waals surface area contributed by atoms with Crippen molar-refractivity contribution in [3.05, 3.63) is 77.7 Å².